The van der Waals surface area contributed by atoms with Gasteiger partial charge in [0.25, 0.3) is 0 Å². The highest BCUT2D eigenvalue weighted by Gasteiger charge is 2.21. The van der Waals surface area contributed by atoms with Crippen molar-refractivity contribution in [3.05, 3.63) is 0 Å². The zero-order chi connectivity index (χ0) is 9.61. The minimum Gasteiger partial charge on any atom is -0.298 e. The minimum absolute atomic E-state index is 0.403. The van der Waals surface area contributed by atoms with Crippen molar-refractivity contribution in [2.24, 2.45) is 0 Å². The summed E-state index contributed by atoms with van der Waals surface area (Å²) in [7, 11) is 0. The summed E-state index contributed by atoms with van der Waals surface area (Å²) < 4.78 is 0. The molecule has 0 aliphatic carbocycles. The highest BCUT2D eigenvalue weighted by molar-refractivity contribution is 4.78. The van der Waals surface area contributed by atoms with Gasteiger partial charge in [-0.25, -0.2) is 0 Å². The molecule has 1 aliphatic rings. The number of rotatable bonds is 0. The van der Waals surface area contributed by atoms with Gasteiger partial charge in [-0.3, -0.25) is 4.90 Å². The molecule has 1 fully saturated rings. The molecule has 0 bridgehead atoms. The molecule has 1 saturated heterocycles. The van der Waals surface area contributed by atoms with Crippen molar-refractivity contribution < 1.29 is 0 Å². The first kappa shape index (κ1) is 12.0. The average Bonchev–Trinajstić information content (AvgIpc) is 2.08. The van der Waals surface area contributed by atoms with Gasteiger partial charge in [0.2, 0.25) is 0 Å². The Labute approximate surface area is 78.1 Å². The van der Waals surface area contributed by atoms with E-state index in [-0.39, 0.29) is 0 Å². The highest BCUT2D eigenvalue weighted by Crippen LogP contribution is 2.18. The van der Waals surface area contributed by atoms with Crippen LogP contribution in [0.2, 0.25) is 0 Å². The lowest BCUT2D eigenvalue weighted by Gasteiger charge is -2.38. The molecule has 0 aromatic rings. The standard InChI is InChI=1S/C9H19N.C2H6/c1-9(2,3)10-7-5-4-6-8-10;1-2/h4-8H2,1-3H3;1-2H3. The van der Waals surface area contributed by atoms with Crippen LogP contribution in [0.25, 0.3) is 0 Å². The summed E-state index contributed by atoms with van der Waals surface area (Å²) >= 11 is 0. The Hall–Kier alpha value is -0.0400. The Morgan fingerprint density at radius 3 is 1.50 bits per heavy atom. The van der Waals surface area contributed by atoms with E-state index in [1.54, 1.807) is 0 Å². The van der Waals surface area contributed by atoms with Gasteiger partial charge in [-0.15, -0.1) is 0 Å². The molecule has 1 heterocycles. The third-order valence-electron chi connectivity index (χ3n) is 2.30. The lowest BCUT2D eigenvalue weighted by atomic mass is 10.0. The number of hydrogen-bond acceptors (Lipinski definition) is 1. The first-order chi connectivity index (χ1) is 5.61. The molecular weight excluding hydrogens is 146 g/mol. The number of nitrogens with zero attached hydrogens (tertiary/aromatic N) is 1. The Kier molecular flexibility index (Phi) is 5.56. The second-order valence-electron chi connectivity index (χ2n) is 4.22. The summed E-state index contributed by atoms with van der Waals surface area (Å²) in [5, 5.41) is 0. The van der Waals surface area contributed by atoms with E-state index in [0.717, 1.165) is 0 Å². The minimum atomic E-state index is 0.403. The SMILES string of the molecule is CC.CC(C)(C)N1CCCCC1. The second-order valence-corrected chi connectivity index (χ2v) is 4.22. The third kappa shape index (κ3) is 4.10. The maximum absolute atomic E-state index is 2.58. The molecule has 0 atom stereocenters. The van der Waals surface area contributed by atoms with Gasteiger partial charge < -0.3 is 0 Å². The Bertz CT molecular complexity index is 96.1. The molecule has 0 spiro atoms. The van der Waals surface area contributed by atoms with E-state index in [4.69, 9.17) is 0 Å². The van der Waals surface area contributed by atoms with Crippen molar-refractivity contribution in [1.29, 1.82) is 0 Å². The monoisotopic (exact) mass is 171 g/mol. The fourth-order valence-corrected chi connectivity index (χ4v) is 1.56. The summed E-state index contributed by atoms with van der Waals surface area (Å²) in [4.78, 5) is 2.58. The van der Waals surface area contributed by atoms with Crippen LogP contribution in [0.1, 0.15) is 53.9 Å². The van der Waals surface area contributed by atoms with Crippen LogP contribution in [0.15, 0.2) is 0 Å². The van der Waals surface area contributed by atoms with E-state index in [0.29, 0.717) is 5.54 Å². The van der Waals surface area contributed by atoms with Gasteiger partial charge in [-0.05, 0) is 46.7 Å². The first-order valence-electron chi connectivity index (χ1n) is 5.36. The molecule has 1 rings (SSSR count). The fourth-order valence-electron chi connectivity index (χ4n) is 1.56. The Morgan fingerprint density at radius 2 is 1.25 bits per heavy atom. The van der Waals surface area contributed by atoms with Gasteiger partial charge >= 0.3 is 0 Å². The first-order valence-corrected chi connectivity index (χ1v) is 5.36. The second kappa shape index (κ2) is 5.58. The van der Waals surface area contributed by atoms with Gasteiger partial charge in [0.15, 0.2) is 0 Å². The smallest absolute Gasteiger partial charge is 0.0125 e. The summed E-state index contributed by atoms with van der Waals surface area (Å²) in [5.74, 6) is 0. The van der Waals surface area contributed by atoms with E-state index in [9.17, 15) is 0 Å². The largest absolute Gasteiger partial charge is 0.298 e. The predicted octanol–water partition coefficient (Wildman–Crippen LogP) is 3.30. The lowest BCUT2D eigenvalue weighted by Crippen LogP contribution is -2.44. The van der Waals surface area contributed by atoms with Crippen molar-refractivity contribution in [3.63, 3.8) is 0 Å². The summed E-state index contributed by atoms with van der Waals surface area (Å²) in [5.41, 5.74) is 0.403. The summed E-state index contributed by atoms with van der Waals surface area (Å²) in [6.07, 6.45) is 4.24. The van der Waals surface area contributed by atoms with Crippen LogP contribution in [-0.2, 0) is 0 Å². The molecular formula is C11H25N. The van der Waals surface area contributed by atoms with Crippen LogP contribution in [0.3, 0.4) is 0 Å². The molecule has 1 nitrogen and oxygen atoms in total. The van der Waals surface area contributed by atoms with Gasteiger partial charge in [-0.1, -0.05) is 20.3 Å². The number of hydrogen-bond donors (Lipinski definition) is 0. The van der Waals surface area contributed by atoms with Crippen molar-refractivity contribution in [3.8, 4) is 0 Å². The molecule has 74 valence electrons. The van der Waals surface area contributed by atoms with Crippen LogP contribution >= 0.6 is 0 Å². The average molecular weight is 171 g/mol. The van der Waals surface area contributed by atoms with Crippen molar-refractivity contribution in [2.45, 2.75) is 59.4 Å². The predicted molar refractivity (Wildman–Crippen MR) is 56.5 cm³/mol. The van der Waals surface area contributed by atoms with E-state index in [2.05, 4.69) is 25.7 Å². The summed E-state index contributed by atoms with van der Waals surface area (Å²) in [6.45, 7) is 13.5. The van der Waals surface area contributed by atoms with E-state index >= 15 is 0 Å². The zero-order valence-electron chi connectivity index (χ0n) is 9.48. The van der Waals surface area contributed by atoms with E-state index in [1.807, 2.05) is 13.8 Å². The van der Waals surface area contributed by atoms with Gasteiger partial charge in [-0.2, -0.15) is 0 Å². The number of piperidine rings is 1. The van der Waals surface area contributed by atoms with Crippen molar-refractivity contribution >= 4 is 0 Å². The maximum Gasteiger partial charge on any atom is 0.0125 e. The molecule has 1 heteroatoms. The van der Waals surface area contributed by atoms with Crippen LogP contribution in [0.5, 0.6) is 0 Å². The maximum atomic E-state index is 2.58. The topological polar surface area (TPSA) is 3.24 Å². The van der Waals surface area contributed by atoms with Crippen molar-refractivity contribution in [1.82, 2.24) is 4.90 Å². The normalized spacial score (nSPS) is 19.8. The van der Waals surface area contributed by atoms with Gasteiger partial charge in [0.05, 0.1) is 0 Å². The lowest BCUT2D eigenvalue weighted by molar-refractivity contribution is 0.111. The summed E-state index contributed by atoms with van der Waals surface area (Å²) in [6, 6.07) is 0. The van der Waals surface area contributed by atoms with E-state index in [1.165, 1.54) is 32.4 Å². The molecule has 0 saturated carbocycles. The molecule has 0 unspecified atom stereocenters. The van der Waals surface area contributed by atoms with Crippen LogP contribution in [0.4, 0.5) is 0 Å². The van der Waals surface area contributed by atoms with E-state index < -0.39 is 0 Å². The van der Waals surface area contributed by atoms with Crippen LogP contribution in [0, 0.1) is 0 Å². The molecule has 0 amide bonds. The molecule has 0 aromatic heterocycles. The zero-order valence-corrected chi connectivity index (χ0v) is 9.48. The van der Waals surface area contributed by atoms with Gasteiger partial charge in [0.1, 0.15) is 0 Å². The fraction of sp³-hybridized carbons (Fsp3) is 1.00. The molecule has 0 radical (unpaired) electrons. The van der Waals surface area contributed by atoms with Crippen LogP contribution in [-0.4, -0.2) is 23.5 Å². The Morgan fingerprint density at radius 1 is 0.833 bits per heavy atom. The molecule has 12 heavy (non-hydrogen) atoms. The molecule has 0 aromatic carbocycles. The number of likely N-dealkylation sites (tertiary alicyclic amines) is 1. The highest BCUT2D eigenvalue weighted by atomic mass is 15.2. The Balaban J connectivity index is 0.000000561. The van der Waals surface area contributed by atoms with Crippen molar-refractivity contribution in [2.75, 3.05) is 13.1 Å². The quantitative estimate of drug-likeness (QED) is 0.540. The molecule has 1 aliphatic heterocycles. The van der Waals surface area contributed by atoms with Crippen LogP contribution < -0.4 is 0 Å². The van der Waals surface area contributed by atoms with Gasteiger partial charge in [0, 0.05) is 5.54 Å². The molecule has 0 N–H and O–H groups in total. The third-order valence-corrected chi connectivity index (χ3v) is 2.30.